The van der Waals surface area contributed by atoms with Crippen LogP contribution in [0.2, 0.25) is 0 Å². The predicted octanol–water partition coefficient (Wildman–Crippen LogP) is 2.21. The van der Waals surface area contributed by atoms with Crippen LogP contribution < -0.4 is 0 Å². The molecule has 0 atom stereocenters. The number of allylic oxidation sites excluding steroid dienone is 3. The Kier molecular flexibility index (Phi) is 5.02. The number of alkyl halides is 3. The Labute approximate surface area is 126 Å². The zero-order valence-electron chi connectivity index (χ0n) is 12.3. The zero-order valence-corrected chi connectivity index (χ0v) is 12.3. The van der Waals surface area contributed by atoms with Crippen molar-refractivity contribution in [2.45, 2.75) is 12.6 Å². The van der Waals surface area contributed by atoms with Crippen LogP contribution in [-0.2, 0) is 0 Å². The maximum absolute atomic E-state index is 13.2. The van der Waals surface area contributed by atoms with Crippen LogP contribution in [0.3, 0.4) is 0 Å². The van der Waals surface area contributed by atoms with Gasteiger partial charge in [0.15, 0.2) is 0 Å². The lowest BCUT2D eigenvalue weighted by Crippen LogP contribution is -2.45. The van der Waals surface area contributed by atoms with Crippen molar-refractivity contribution >= 4 is 0 Å². The molecule has 1 saturated heterocycles. The summed E-state index contributed by atoms with van der Waals surface area (Å²) in [6.07, 6.45) is -1.52. The Morgan fingerprint density at radius 2 is 1.86 bits per heavy atom. The summed E-state index contributed by atoms with van der Waals surface area (Å²) < 4.78 is 39.6. The summed E-state index contributed by atoms with van der Waals surface area (Å²) in [5.74, 6) is 0. The molecule has 0 aromatic heterocycles. The van der Waals surface area contributed by atoms with Crippen molar-refractivity contribution in [2.75, 3.05) is 39.8 Å². The molecule has 0 aromatic carbocycles. The van der Waals surface area contributed by atoms with E-state index in [2.05, 4.69) is 4.90 Å². The molecule has 0 unspecified atom stereocenters. The number of hydrogen-bond donors (Lipinski definition) is 0. The van der Waals surface area contributed by atoms with E-state index in [1.807, 2.05) is 11.9 Å². The molecule has 0 bridgehead atoms. The lowest BCUT2D eigenvalue weighted by molar-refractivity contribution is -0.419. The van der Waals surface area contributed by atoms with Gasteiger partial charge in [-0.2, -0.15) is 13.2 Å². The second-order valence-electron chi connectivity index (χ2n) is 5.50. The maximum atomic E-state index is 13.2. The maximum Gasteiger partial charge on any atom is 0.413 e. The number of halogens is 3. The Bertz CT molecular complexity index is 530. The van der Waals surface area contributed by atoms with Gasteiger partial charge in [-0.15, -0.1) is 0 Å². The highest BCUT2D eigenvalue weighted by Crippen LogP contribution is 2.34. The molecule has 2 aliphatic rings. The van der Waals surface area contributed by atoms with E-state index in [1.165, 1.54) is 6.08 Å². The fourth-order valence-electron chi connectivity index (χ4n) is 2.52. The fraction of sp³-hybridized carbons (Fsp3) is 0.571. The first-order valence-corrected chi connectivity index (χ1v) is 7.00. The van der Waals surface area contributed by atoms with Crippen LogP contribution in [0.15, 0.2) is 35.1 Å². The van der Waals surface area contributed by atoms with Crippen LogP contribution in [0.25, 0.3) is 0 Å². The van der Waals surface area contributed by atoms with Crippen LogP contribution >= 0.6 is 0 Å². The van der Waals surface area contributed by atoms with E-state index in [0.29, 0.717) is 13.1 Å². The minimum Gasteiger partial charge on any atom is -0.304 e. The molecule has 2 rings (SSSR count). The summed E-state index contributed by atoms with van der Waals surface area (Å²) >= 11 is 0. The van der Waals surface area contributed by atoms with Crippen LogP contribution in [0.4, 0.5) is 13.2 Å². The summed E-state index contributed by atoms with van der Waals surface area (Å²) in [5, 5.41) is 10.8. The van der Waals surface area contributed by atoms with Crippen molar-refractivity contribution in [3.05, 3.63) is 45.2 Å². The van der Waals surface area contributed by atoms with Crippen molar-refractivity contribution < 1.29 is 18.1 Å². The molecule has 0 radical (unpaired) electrons. The Balaban J connectivity index is 2.21. The summed E-state index contributed by atoms with van der Waals surface area (Å²) in [4.78, 5) is 14.2. The number of nitro groups is 1. The van der Waals surface area contributed by atoms with Gasteiger partial charge < -0.3 is 4.90 Å². The zero-order chi connectivity index (χ0) is 16.3. The first-order chi connectivity index (χ1) is 10.3. The van der Waals surface area contributed by atoms with E-state index in [1.54, 1.807) is 0 Å². The van der Waals surface area contributed by atoms with Gasteiger partial charge in [-0.25, -0.2) is 0 Å². The highest BCUT2D eigenvalue weighted by Gasteiger charge is 2.36. The Hall–Kier alpha value is -1.67. The van der Waals surface area contributed by atoms with E-state index in [-0.39, 0.29) is 17.8 Å². The smallest absolute Gasteiger partial charge is 0.304 e. The number of hydrogen-bond acceptors (Lipinski definition) is 4. The molecular weight excluding hydrogens is 299 g/mol. The summed E-state index contributed by atoms with van der Waals surface area (Å²) in [6.45, 7) is 3.15. The lowest BCUT2D eigenvalue weighted by atomic mass is 10.0. The van der Waals surface area contributed by atoms with Crippen molar-refractivity contribution in [1.82, 2.24) is 9.80 Å². The molecule has 0 aromatic rings. The van der Waals surface area contributed by atoms with Gasteiger partial charge in [0.05, 0.1) is 4.92 Å². The van der Waals surface area contributed by atoms with Crippen LogP contribution in [0.5, 0.6) is 0 Å². The largest absolute Gasteiger partial charge is 0.413 e. The highest BCUT2D eigenvalue weighted by atomic mass is 19.4. The molecule has 1 heterocycles. The highest BCUT2D eigenvalue weighted by molar-refractivity contribution is 5.37. The minimum atomic E-state index is -4.48. The molecule has 1 aliphatic heterocycles. The van der Waals surface area contributed by atoms with E-state index in [0.717, 1.165) is 25.2 Å². The van der Waals surface area contributed by atoms with Gasteiger partial charge in [-0.05, 0) is 18.7 Å². The van der Waals surface area contributed by atoms with Gasteiger partial charge in [0.25, 0.3) is 5.70 Å². The van der Waals surface area contributed by atoms with Gasteiger partial charge in [0.2, 0.25) is 0 Å². The second kappa shape index (κ2) is 6.62. The van der Waals surface area contributed by atoms with E-state index >= 15 is 0 Å². The van der Waals surface area contributed by atoms with Crippen molar-refractivity contribution in [3.63, 3.8) is 0 Å². The molecule has 122 valence electrons. The third kappa shape index (κ3) is 4.17. The number of likely N-dealkylation sites (N-methyl/N-ethyl adjacent to an activating group) is 1. The summed E-state index contributed by atoms with van der Waals surface area (Å²) in [6, 6.07) is 0. The molecule has 1 fully saturated rings. The normalized spacial score (nSPS) is 21.7. The van der Waals surface area contributed by atoms with Crippen LogP contribution in [0.1, 0.15) is 6.42 Å². The van der Waals surface area contributed by atoms with Gasteiger partial charge in [-0.1, -0.05) is 6.08 Å². The number of rotatable bonds is 3. The Morgan fingerprint density at radius 3 is 2.41 bits per heavy atom. The topological polar surface area (TPSA) is 49.6 Å². The molecule has 1 aliphatic carbocycles. The minimum absolute atomic E-state index is 0.116. The first-order valence-electron chi connectivity index (χ1n) is 7.00. The molecule has 0 saturated carbocycles. The molecule has 22 heavy (non-hydrogen) atoms. The van der Waals surface area contributed by atoms with Gasteiger partial charge in [0.1, 0.15) is 0 Å². The fourth-order valence-corrected chi connectivity index (χ4v) is 2.52. The first kappa shape index (κ1) is 16.7. The quantitative estimate of drug-likeness (QED) is 0.591. The van der Waals surface area contributed by atoms with Gasteiger partial charge in [0, 0.05) is 50.8 Å². The lowest BCUT2D eigenvalue weighted by Gasteiger charge is -2.33. The molecule has 0 N–H and O–H groups in total. The number of nitrogens with zero attached hydrogens (tertiary/aromatic N) is 3. The summed E-state index contributed by atoms with van der Waals surface area (Å²) in [5.41, 5.74) is -0.875. The summed E-state index contributed by atoms with van der Waals surface area (Å²) in [7, 11) is 1.97. The van der Waals surface area contributed by atoms with Gasteiger partial charge in [-0.3, -0.25) is 15.0 Å². The van der Waals surface area contributed by atoms with Crippen molar-refractivity contribution in [3.8, 4) is 0 Å². The average Bonchev–Trinajstić information content (AvgIpc) is 2.63. The molecule has 5 nitrogen and oxygen atoms in total. The van der Waals surface area contributed by atoms with E-state index < -0.39 is 23.1 Å². The Morgan fingerprint density at radius 1 is 1.23 bits per heavy atom. The van der Waals surface area contributed by atoms with Crippen LogP contribution in [0, 0.1) is 10.1 Å². The standard InChI is InChI=1S/C14H18F3N3O2/c1-18-6-8-19(9-7-18)10-11-2-3-12(20(21)22)4-5-13(11)14(15,16)17/h2-4H,5-10H2,1H3. The SMILES string of the molecule is CN1CCN(CC2=C(C(F)(F)F)CC=C([N+](=O)[O-])C=C2)CC1. The predicted molar refractivity (Wildman–Crippen MR) is 75.9 cm³/mol. The molecule has 8 heteroatoms. The van der Waals surface area contributed by atoms with Crippen molar-refractivity contribution in [1.29, 1.82) is 0 Å². The third-order valence-electron chi connectivity index (χ3n) is 3.90. The second-order valence-corrected chi connectivity index (χ2v) is 5.50. The van der Waals surface area contributed by atoms with Crippen LogP contribution in [-0.4, -0.2) is 60.7 Å². The van der Waals surface area contributed by atoms with Crippen molar-refractivity contribution in [2.24, 2.45) is 0 Å². The number of piperazine rings is 1. The average molecular weight is 317 g/mol. The molecule has 0 spiro atoms. The van der Waals surface area contributed by atoms with E-state index in [4.69, 9.17) is 0 Å². The third-order valence-corrected chi connectivity index (χ3v) is 3.90. The monoisotopic (exact) mass is 317 g/mol. The van der Waals surface area contributed by atoms with Gasteiger partial charge >= 0.3 is 6.18 Å². The molecular formula is C14H18F3N3O2. The molecule has 0 amide bonds. The van der Waals surface area contributed by atoms with E-state index in [9.17, 15) is 23.3 Å².